The summed E-state index contributed by atoms with van der Waals surface area (Å²) in [5, 5.41) is 3.14. The Labute approximate surface area is 128 Å². The van der Waals surface area contributed by atoms with Gasteiger partial charge in [-0.1, -0.05) is 24.3 Å². The van der Waals surface area contributed by atoms with E-state index in [1.54, 1.807) is 0 Å². The van der Waals surface area contributed by atoms with Gasteiger partial charge in [0.1, 0.15) is 6.04 Å². The Kier molecular flexibility index (Phi) is 3.48. The first-order valence-electron chi connectivity index (χ1n) is 7.18. The second-order valence-electron chi connectivity index (χ2n) is 5.79. The van der Waals surface area contributed by atoms with Gasteiger partial charge in [0.05, 0.1) is 18.9 Å². The Hall–Kier alpha value is -2.21. The van der Waals surface area contributed by atoms with E-state index >= 15 is 0 Å². The molecular formula is C16H18N2O4. The van der Waals surface area contributed by atoms with Crippen molar-refractivity contribution in [1.29, 1.82) is 0 Å². The highest BCUT2D eigenvalue weighted by atomic mass is 16.5. The summed E-state index contributed by atoms with van der Waals surface area (Å²) in [6.45, 7) is 1.95. The van der Waals surface area contributed by atoms with E-state index < -0.39 is 23.8 Å². The molecular weight excluding hydrogens is 284 g/mol. The Bertz CT molecular complexity index is 657. The molecule has 3 rings (SSSR count). The molecule has 1 aromatic carbocycles. The third-order valence-electron chi connectivity index (χ3n) is 4.67. The molecule has 2 saturated heterocycles. The van der Waals surface area contributed by atoms with Crippen molar-refractivity contribution < 1.29 is 19.1 Å². The van der Waals surface area contributed by atoms with Crippen molar-refractivity contribution in [2.24, 2.45) is 11.8 Å². The number of hydrogen-bond acceptors (Lipinski definition) is 5. The standard InChI is InChI=1S/C16H18N2O4/c1-8-6-4-5-7-9(8)12-10-11(13(17-12)16(21)22-3)15(20)18(2)14(10)19/h4-7,10-13,17H,1-3H3/t10-,11+,12?,13?/m0/s1. The fourth-order valence-corrected chi connectivity index (χ4v) is 3.52. The first kappa shape index (κ1) is 14.7. The molecule has 6 nitrogen and oxygen atoms in total. The highest BCUT2D eigenvalue weighted by Crippen LogP contribution is 2.44. The second kappa shape index (κ2) is 5.21. The number of carbonyl (C=O) groups excluding carboxylic acids is 3. The minimum Gasteiger partial charge on any atom is -0.468 e. The molecule has 0 saturated carbocycles. The molecule has 2 amide bonds. The molecule has 1 aromatic rings. The van der Waals surface area contributed by atoms with Crippen LogP contribution in [0.5, 0.6) is 0 Å². The molecule has 6 heteroatoms. The SMILES string of the molecule is COC(=O)C1NC(c2ccccc2C)[C@H]2C(=O)N(C)C(=O)[C@@H]12. The Morgan fingerprint density at radius 1 is 1.18 bits per heavy atom. The quantitative estimate of drug-likeness (QED) is 0.633. The summed E-state index contributed by atoms with van der Waals surface area (Å²) in [7, 11) is 2.75. The van der Waals surface area contributed by atoms with Crippen molar-refractivity contribution in [3.63, 3.8) is 0 Å². The highest BCUT2D eigenvalue weighted by molar-refractivity contribution is 6.08. The molecule has 116 valence electrons. The number of fused-ring (bicyclic) bond motifs is 1. The zero-order valence-electron chi connectivity index (χ0n) is 12.7. The molecule has 0 spiro atoms. The van der Waals surface area contributed by atoms with Gasteiger partial charge in [0.2, 0.25) is 11.8 Å². The lowest BCUT2D eigenvalue weighted by Crippen LogP contribution is -2.42. The van der Waals surface area contributed by atoms with Crippen molar-refractivity contribution >= 4 is 17.8 Å². The van der Waals surface area contributed by atoms with Crippen LogP contribution in [-0.4, -0.2) is 42.9 Å². The lowest BCUT2D eigenvalue weighted by molar-refractivity contribution is -0.147. The van der Waals surface area contributed by atoms with Crippen LogP contribution in [0.15, 0.2) is 24.3 Å². The number of methoxy groups -OCH3 is 1. The minimum atomic E-state index is -0.791. The molecule has 22 heavy (non-hydrogen) atoms. The Morgan fingerprint density at radius 2 is 1.82 bits per heavy atom. The summed E-state index contributed by atoms with van der Waals surface area (Å²) in [4.78, 5) is 37.9. The Balaban J connectivity index is 2.06. The molecule has 0 bridgehead atoms. The first-order chi connectivity index (χ1) is 10.5. The maximum Gasteiger partial charge on any atom is 0.323 e. The van der Waals surface area contributed by atoms with Gasteiger partial charge in [0.15, 0.2) is 0 Å². The van der Waals surface area contributed by atoms with Crippen molar-refractivity contribution in [2.75, 3.05) is 14.2 Å². The molecule has 2 aliphatic heterocycles. The van der Waals surface area contributed by atoms with E-state index in [0.29, 0.717) is 0 Å². The summed E-state index contributed by atoms with van der Waals surface area (Å²) < 4.78 is 4.79. The van der Waals surface area contributed by atoms with Crippen LogP contribution in [-0.2, 0) is 19.1 Å². The number of imide groups is 1. The van der Waals surface area contributed by atoms with Crippen molar-refractivity contribution in [3.05, 3.63) is 35.4 Å². The molecule has 1 N–H and O–H groups in total. The number of nitrogens with zero attached hydrogens (tertiary/aromatic N) is 1. The summed E-state index contributed by atoms with van der Waals surface area (Å²) in [6.07, 6.45) is 0. The van der Waals surface area contributed by atoms with Crippen LogP contribution >= 0.6 is 0 Å². The average molecular weight is 302 g/mol. The number of benzene rings is 1. The summed E-state index contributed by atoms with van der Waals surface area (Å²) in [5.41, 5.74) is 1.94. The number of rotatable bonds is 2. The number of ether oxygens (including phenoxy) is 1. The third kappa shape index (κ3) is 1.94. The summed E-state index contributed by atoms with van der Waals surface area (Å²) in [6, 6.07) is 6.51. The molecule has 2 fully saturated rings. The van der Waals surface area contributed by atoms with E-state index in [1.165, 1.54) is 14.2 Å². The molecule has 0 aromatic heterocycles. The van der Waals surface area contributed by atoms with Crippen LogP contribution in [0.1, 0.15) is 17.2 Å². The van der Waals surface area contributed by atoms with Gasteiger partial charge in [-0.05, 0) is 18.1 Å². The van der Waals surface area contributed by atoms with Gasteiger partial charge in [-0.15, -0.1) is 0 Å². The predicted octanol–water partition coefficient (Wildman–Crippen LogP) is 0.412. The maximum atomic E-state index is 12.5. The molecule has 4 atom stereocenters. The smallest absolute Gasteiger partial charge is 0.323 e. The van der Waals surface area contributed by atoms with Gasteiger partial charge in [0, 0.05) is 13.1 Å². The van der Waals surface area contributed by atoms with Gasteiger partial charge < -0.3 is 4.74 Å². The minimum absolute atomic E-state index is 0.248. The van der Waals surface area contributed by atoms with Crippen LogP contribution in [0.2, 0.25) is 0 Å². The topological polar surface area (TPSA) is 75.7 Å². The van der Waals surface area contributed by atoms with E-state index in [0.717, 1.165) is 16.0 Å². The number of amides is 2. The van der Waals surface area contributed by atoms with E-state index in [4.69, 9.17) is 4.74 Å². The van der Waals surface area contributed by atoms with Crippen LogP contribution in [0.4, 0.5) is 0 Å². The summed E-state index contributed by atoms with van der Waals surface area (Å²) in [5.74, 6) is -2.35. The van der Waals surface area contributed by atoms with E-state index in [9.17, 15) is 14.4 Å². The third-order valence-corrected chi connectivity index (χ3v) is 4.67. The average Bonchev–Trinajstić information content (AvgIpc) is 3.01. The lowest BCUT2D eigenvalue weighted by atomic mass is 9.85. The lowest BCUT2D eigenvalue weighted by Gasteiger charge is -2.21. The normalized spacial score (nSPS) is 30.6. The number of carbonyl (C=O) groups is 3. The van der Waals surface area contributed by atoms with Crippen LogP contribution < -0.4 is 5.32 Å². The van der Waals surface area contributed by atoms with Gasteiger partial charge in [-0.3, -0.25) is 24.6 Å². The van der Waals surface area contributed by atoms with Gasteiger partial charge in [0.25, 0.3) is 0 Å². The van der Waals surface area contributed by atoms with Crippen molar-refractivity contribution in [2.45, 2.75) is 19.0 Å². The van der Waals surface area contributed by atoms with Crippen molar-refractivity contribution in [3.8, 4) is 0 Å². The van der Waals surface area contributed by atoms with Crippen molar-refractivity contribution in [1.82, 2.24) is 10.2 Å². The molecule has 0 radical (unpaired) electrons. The maximum absolute atomic E-state index is 12.5. The fourth-order valence-electron chi connectivity index (χ4n) is 3.52. The van der Waals surface area contributed by atoms with Crippen LogP contribution in [0.25, 0.3) is 0 Å². The molecule has 2 aliphatic rings. The first-order valence-corrected chi connectivity index (χ1v) is 7.18. The van der Waals surface area contributed by atoms with E-state index in [2.05, 4.69) is 5.32 Å². The van der Waals surface area contributed by atoms with Gasteiger partial charge in [-0.2, -0.15) is 0 Å². The monoisotopic (exact) mass is 302 g/mol. The van der Waals surface area contributed by atoms with E-state index in [-0.39, 0.29) is 17.9 Å². The number of aryl methyl sites for hydroxylation is 1. The zero-order valence-corrected chi connectivity index (χ0v) is 12.7. The largest absolute Gasteiger partial charge is 0.468 e. The second-order valence-corrected chi connectivity index (χ2v) is 5.79. The number of likely N-dealkylation sites (tertiary alicyclic amines) is 1. The van der Waals surface area contributed by atoms with E-state index in [1.807, 2.05) is 31.2 Å². The molecule has 2 heterocycles. The van der Waals surface area contributed by atoms with Gasteiger partial charge >= 0.3 is 5.97 Å². The highest BCUT2D eigenvalue weighted by Gasteiger charge is 2.60. The zero-order chi connectivity index (χ0) is 16.0. The number of esters is 1. The predicted molar refractivity (Wildman–Crippen MR) is 77.6 cm³/mol. The number of hydrogen-bond donors (Lipinski definition) is 1. The van der Waals surface area contributed by atoms with Crippen LogP contribution in [0.3, 0.4) is 0 Å². The Morgan fingerprint density at radius 3 is 2.45 bits per heavy atom. The molecule has 0 aliphatic carbocycles. The molecule has 2 unspecified atom stereocenters. The summed E-state index contributed by atoms with van der Waals surface area (Å²) >= 11 is 0. The van der Waals surface area contributed by atoms with Gasteiger partial charge in [-0.25, -0.2) is 0 Å². The fraction of sp³-hybridized carbons (Fsp3) is 0.438. The van der Waals surface area contributed by atoms with Crippen LogP contribution in [0, 0.1) is 18.8 Å². The number of nitrogens with one attached hydrogen (secondary N) is 1.